The zero-order valence-corrected chi connectivity index (χ0v) is 14.1. The molecule has 0 aliphatic heterocycles. The fourth-order valence-electron chi connectivity index (χ4n) is 2.23. The third-order valence-corrected chi connectivity index (χ3v) is 5.95. The van der Waals surface area contributed by atoms with Crippen LogP contribution >= 0.6 is 23.5 Å². The van der Waals surface area contributed by atoms with Gasteiger partial charge in [0.15, 0.2) is 0 Å². The van der Waals surface area contributed by atoms with Crippen molar-refractivity contribution in [1.29, 1.82) is 0 Å². The quantitative estimate of drug-likeness (QED) is 0.308. The van der Waals surface area contributed by atoms with Gasteiger partial charge in [-0.3, -0.25) is 4.79 Å². The summed E-state index contributed by atoms with van der Waals surface area (Å²) in [6, 6.07) is 28.4. The van der Waals surface area contributed by atoms with Crippen LogP contribution in [0.3, 0.4) is 0 Å². The zero-order chi connectivity index (χ0) is 15.9. The van der Waals surface area contributed by atoms with Gasteiger partial charge in [0.2, 0.25) is 0 Å². The first-order valence-electron chi connectivity index (χ1n) is 7.34. The molecule has 0 atom stereocenters. The van der Waals surface area contributed by atoms with E-state index in [1.54, 1.807) is 23.5 Å². The number of thioether (sulfide) groups is 2. The molecule has 0 N–H and O–H groups in total. The Bertz CT molecular complexity index is 715. The van der Waals surface area contributed by atoms with Crippen LogP contribution < -0.4 is 0 Å². The molecule has 0 bridgehead atoms. The summed E-state index contributed by atoms with van der Waals surface area (Å²) in [6.45, 7) is 0. The molecule has 1 nitrogen and oxygen atoms in total. The zero-order valence-electron chi connectivity index (χ0n) is 12.5. The molecule has 0 saturated heterocycles. The molecule has 0 spiro atoms. The van der Waals surface area contributed by atoms with E-state index in [0.29, 0.717) is 0 Å². The van der Waals surface area contributed by atoms with Crippen molar-refractivity contribution in [2.24, 2.45) is 0 Å². The SMILES string of the molecule is O=Cc1ccccc1C(Sc1ccccc1)Sc1ccccc1. The third kappa shape index (κ3) is 4.27. The van der Waals surface area contributed by atoms with Crippen LogP contribution in [0, 0.1) is 0 Å². The maximum absolute atomic E-state index is 11.4. The van der Waals surface area contributed by atoms with E-state index in [1.807, 2.05) is 60.7 Å². The van der Waals surface area contributed by atoms with Crippen LogP contribution in [0.25, 0.3) is 0 Å². The lowest BCUT2D eigenvalue weighted by molar-refractivity contribution is 0.112. The second-order valence-electron chi connectivity index (χ2n) is 4.94. The summed E-state index contributed by atoms with van der Waals surface area (Å²) < 4.78 is 0.126. The van der Waals surface area contributed by atoms with Crippen molar-refractivity contribution in [3.05, 3.63) is 96.1 Å². The summed E-state index contributed by atoms with van der Waals surface area (Å²) in [5.74, 6) is 0. The lowest BCUT2D eigenvalue weighted by Gasteiger charge is -2.18. The molecule has 3 aromatic carbocycles. The largest absolute Gasteiger partial charge is 0.298 e. The lowest BCUT2D eigenvalue weighted by atomic mass is 10.1. The Kier molecular flexibility index (Phi) is 5.56. The molecule has 0 heterocycles. The van der Waals surface area contributed by atoms with Crippen molar-refractivity contribution in [1.82, 2.24) is 0 Å². The average molecular weight is 336 g/mol. The standard InChI is InChI=1S/C20H16OS2/c21-15-16-9-7-8-14-19(16)20(22-17-10-3-1-4-11-17)23-18-12-5-2-6-13-18/h1-15,20H. The van der Waals surface area contributed by atoms with Gasteiger partial charge in [0.25, 0.3) is 0 Å². The molecule has 23 heavy (non-hydrogen) atoms. The van der Waals surface area contributed by atoms with E-state index in [4.69, 9.17) is 0 Å². The van der Waals surface area contributed by atoms with E-state index in [2.05, 4.69) is 24.3 Å². The van der Waals surface area contributed by atoms with E-state index in [9.17, 15) is 4.79 Å². The van der Waals surface area contributed by atoms with Gasteiger partial charge in [0, 0.05) is 15.4 Å². The predicted octanol–water partition coefficient (Wildman–Crippen LogP) is 6.08. The first-order chi connectivity index (χ1) is 11.4. The number of carbonyl (C=O) groups excluding carboxylic acids is 1. The molecule has 114 valence electrons. The summed E-state index contributed by atoms with van der Waals surface area (Å²) in [7, 11) is 0. The molecule has 0 aliphatic rings. The van der Waals surface area contributed by atoms with Crippen molar-refractivity contribution in [2.75, 3.05) is 0 Å². The number of aldehydes is 1. The van der Waals surface area contributed by atoms with Gasteiger partial charge in [-0.25, -0.2) is 0 Å². The molecule has 0 amide bonds. The first kappa shape index (κ1) is 15.9. The predicted molar refractivity (Wildman–Crippen MR) is 99.2 cm³/mol. The lowest BCUT2D eigenvalue weighted by Crippen LogP contribution is -1.96. The highest BCUT2D eigenvalue weighted by molar-refractivity contribution is 8.16. The van der Waals surface area contributed by atoms with Crippen LogP contribution in [-0.2, 0) is 0 Å². The van der Waals surface area contributed by atoms with Crippen LogP contribution in [0.4, 0.5) is 0 Å². The van der Waals surface area contributed by atoms with Crippen molar-refractivity contribution < 1.29 is 4.79 Å². The van der Waals surface area contributed by atoms with Crippen molar-refractivity contribution in [2.45, 2.75) is 14.4 Å². The summed E-state index contributed by atoms with van der Waals surface area (Å²) in [5, 5.41) is 0. The highest BCUT2D eigenvalue weighted by Crippen LogP contribution is 2.47. The van der Waals surface area contributed by atoms with Gasteiger partial charge in [-0.1, -0.05) is 60.7 Å². The van der Waals surface area contributed by atoms with Crippen molar-refractivity contribution >= 4 is 29.8 Å². The van der Waals surface area contributed by atoms with Crippen LogP contribution in [0.2, 0.25) is 0 Å². The van der Waals surface area contributed by atoms with E-state index in [-0.39, 0.29) is 4.58 Å². The molecule has 3 rings (SSSR count). The molecular formula is C20H16OS2. The van der Waals surface area contributed by atoms with Gasteiger partial charge in [0.05, 0.1) is 4.58 Å². The maximum Gasteiger partial charge on any atom is 0.150 e. The smallest absolute Gasteiger partial charge is 0.150 e. The van der Waals surface area contributed by atoms with Gasteiger partial charge in [0.1, 0.15) is 6.29 Å². The molecular weight excluding hydrogens is 320 g/mol. The average Bonchev–Trinajstić information content (AvgIpc) is 2.63. The van der Waals surface area contributed by atoms with Gasteiger partial charge in [-0.15, -0.1) is 23.5 Å². The summed E-state index contributed by atoms with van der Waals surface area (Å²) >= 11 is 3.54. The van der Waals surface area contributed by atoms with E-state index in [1.165, 1.54) is 9.79 Å². The summed E-state index contributed by atoms with van der Waals surface area (Å²) in [4.78, 5) is 13.8. The molecule has 0 fully saturated rings. The Labute approximate surface area is 145 Å². The fraction of sp³-hybridized carbons (Fsp3) is 0.0500. The van der Waals surface area contributed by atoms with E-state index in [0.717, 1.165) is 17.4 Å². The van der Waals surface area contributed by atoms with E-state index >= 15 is 0 Å². The van der Waals surface area contributed by atoms with Crippen LogP contribution in [0.5, 0.6) is 0 Å². The Balaban J connectivity index is 1.94. The Morgan fingerprint density at radius 1 is 0.652 bits per heavy atom. The van der Waals surface area contributed by atoms with Crippen molar-refractivity contribution in [3.8, 4) is 0 Å². The minimum absolute atomic E-state index is 0.126. The number of hydrogen-bond acceptors (Lipinski definition) is 3. The first-order valence-corrected chi connectivity index (χ1v) is 9.10. The Hall–Kier alpha value is -1.97. The topological polar surface area (TPSA) is 17.1 Å². The van der Waals surface area contributed by atoms with Gasteiger partial charge < -0.3 is 0 Å². The number of carbonyl (C=O) groups is 1. The van der Waals surface area contributed by atoms with Gasteiger partial charge in [-0.05, 0) is 29.8 Å². The second kappa shape index (κ2) is 8.04. The summed E-state index contributed by atoms with van der Waals surface area (Å²) in [6.07, 6.45) is 0.944. The number of hydrogen-bond donors (Lipinski definition) is 0. The normalized spacial score (nSPS) is 10.7. The third-order valence-electron chi connectivity index (χ3n) is 3.35. The Morgan fingerprint density at radius 2 is 1.13 bits per heavy atom. The molecule has 0 radical (unpaired) electrons. The maximum atomic E-state index is 11.4. The van der Waals surface area contributed by atoms with E-state index < -0.39 is 0 Å². The molecule has 3 heteroatoms. The molecule has 0 aliphatic carbocycles. The monoisotopic (exact) mass is 336 g/mol. The Morgan fingerprint density at radius 3 is 1.65 bits per heavy atom. The van der Waals surface area contributed by atoms with Crippen LogP contribution in [0.15, 0.2) is 94.7 Å². The minimum Gasteiger partial charge on any atom is -0.298 e. The summed E-state index contributed by atoms with van der Waals surface area (Å²) in [5.41, 5.74) is 1.81. The second-order valence-corrected chi connectivity index (χ2v) is 7.60. The number of benzene rings is 3. The fourth-order valence-corrected chi connectivity index (χ4v) is 4.89. The number of rotatable bonds is 6. The van der Waals surface area contributed by atoms with Gasteiger partial charge >= 0.3 is 0 Å². The molecule has 0 saturated carbocycles. The highest BCUT2D eigenvalue weighted by atomic mass is 32.2. The van der Waals surface area contributed by atoms with Crippen LogP contribution in [0.1, 0.15) is 20.5 Å². The highest BCUT2D eigenvalue weighted by Gasteiger charge is 2.18. The minimum atomic E-state index is 0.126. The molecule has 0 unspecified atom stereocenters. The van der Waals surface area contributed by atoms with Crippen LogP contribution in [-0.4, -0.2) is 6.29 Å². The molecule has 3 aromatic rings. The van der Waals surface area contributed by atoms with Crippen molar-refractivity contribution in [3.63, 3.8) is 0 Å². The molecule has 0 aromatic heterocycles. The van der Waals surface area contributed by atoms with Gasteiger partial charge in [-0.2, -0.15) is 0 Å².